The molecule has 23 heavy (non-hydrogen) atoms. The van der Waals surface area contributed by atoms with Gasteiger partial charge in [-0.1, -0.05) is 32.0 Å². The number of aryl methyl sites for hydroxylation is 3. The van der Waals surface area contributed by atoms with E-state index in [1.54, 1.807) is 13.0 Å². The van der Waals surface area contributed by atoms with Crippen LogP contribution in [0.1, 0.15) is 41.3 Å². The number of para-hydroxylation sites is 1. The molecule has 0 aliphatic carbocycles. The highest BCUT2D eigenvalue weighted by atomic mass is 16.1. The summed E-state index contributed by atoms with van der Waals surface area (Å²) >= 11 is 0. The Morgan fingerprint density at radius 3 is 2.39 bits per heavy atom. The van der Waals surface area contributed by atoms with Gasteiger partial charge in [-0.15, -0.1) is 0 Å². The normalized spacial score (nSPS) is 10.7. The molecule has 0 saturated carbocycles. The van der Waals surface area contributed by atoms with Gasteiger partial charge in [-0.2, -0.15) is 0 Å². The predicted octanol–water partition coefficient (Wildman–Crippen LogP) is 3.72. The van der Waals surface area contributed by atoms with Crippen LogP contribution >= 0.6 is 0 Å². The van der Waals surface area contributed by atoms with E-state index in [1.165, 1.54) is 0 Å². The summed E-state index contributed by atoms with van der Waals surface area (Å²) in [6.07, 6.45) is 0. The third-order valence-electron chi connectivity index (χ3n) is 3.48. The van der Waals surface area contributed by atoms with Gasteiger partial charge in [0.05, 0.1) is 0 Å². The van der Waals surface area contributed by atoms with Gasteiger partial charge in [0.15, 0.2) is 0 Å². The highest BCUT2D eigenvalue weighted by Gasteiger charge is 2.13. The fourth-order valence-corrected chi connectivity index (χ4v) is 2.27. The molecular formula is C18H24N4O. The number of anilines is 2. The van der Waals surface area contributed by atoms with E-state index in [9.17, 15) is 4.79 Å². The first-order chi connectivity index (χ1) is 10.9. The molecule has 0 aliphatic rings. The van der Waals surface area contributed by atoms with Crippen molar-refractivity contribution in [1.82, 2.24) is 9.97 Å². The zero-order valence-corrected chi connectivity index (χ0v) is 14.4. The average Bonchev–Trinajstić information content (AvgIpc) is 2.48. The minimum Gasteiger partial charge on any atom is -0.370 e. The average molecular weight is 312 g/mol. The highest BCUT2D eigenvalue weighted by Crippen LogP contribution is 2.20. The van der Waals surface area contributed by atoms with Crippen LogP contribution < -0.4 is 10.6 Å². The molecule has 0 aliphatic heterocycles. The van der Waals surface area contributed by atoms with E-state index >= 15 is 0 Å². The molecule has 1 aromatic heterocycles. The standard InChI is InChI=1S/C18H24N4O/c1-11(2)10-19-16-9-15(20-14(5)21-16)18(23)22-17-12(3)7-6-8-13(17)4/h6-9,11H,10H2,1-5H3,(H,22,23)(H,19,20,21). The first-order valence-electron chi connectivity index (χ1n) is 7.84. The first-order valence-corrected chi connectivity index (χ1v) is 7.84. The second-order valence-corrected chi connectivity index (χ2v) is 6.18. The molecule has 0 unspecified atom stereocenters. The van der Waals surface area contributed by atoms with Crippen LogP contribution in [0.4, 0.5) is 11.5 Å². The Hall–Kier alpha value is -2.43. The van der Waals surface area contributed by atoms with E-state index in [2.05, 4.69) is 34.4 Å². The van der Waals surface area contributed by atoms with Crippen LogP contribution in [0.2, 0.25) is 0 Å². The summed E-state index contributed by atoms with van der Waals surface area (Å²) in [6, 6.07) is 7.62. The maximum absolute atomic E-state index is 12.5. The molecule has 5 heteroatoms. The van der Waals surface area contributed by atoms with Crippen LogP contribution in [-0.4, -0.2) is 22.4 Å². The molecule has 1 aromatic carbocycles. The zero-order chi connectivity index (χ0) is 17.0. The van der Waals surface area contributed by atoms with Crippen LogP contribution in [0.5, 0.6) is 0 Å². The van der Waals surface area contributed by atoms with E-state index in [0.717, 1.165) is 23.4 Å². The maximum Gasteiger partial charge on any atom is 0.274 e. The van der Waals surface area contributed by atoms with Crippen LogP contribution in [-0.2, 0) is 0 Å². The number of amides is 1. The molecule has 0 saturated heterocycles. The van der Waals surface area contributed by atoms with Crippen molar-refractivity contribution in [3.8, 4) is 0 Å². The van der Waals surface area contributed by atoms with Crippen molar-refractivity contribution in [2.75, 3.05) is 17.2 Å². The van der Waals surface area contributed by atoms with Gasteiger partial charge in [-0.25, -0.2) is 9.97 Å². The lowest BCUT2D eigenvalue weighted by atomic mass is 10.1. The summed E-state index contributed by atoms with van der Waals surface area (Å²) in [6.45, 7) is 10.8. The molecule has 0 fully saturated rings. The number of rotatable bonds is 5. The Bertz CT molecular complexity index is 690. The van der Waals surface area contributed by atoms with Crippen molar-refractivity contribution < 1.29 is 4.79 Å². The molecule has 0 atom stereocenters. The summed E-state index contributed by atoms with van der Waals surface area (Å²) in [4.78, 5) is 21.1. The number of nitrogens with one attached hydrogen (secondary N) is 2. The van der Waals surface area contributed by atoms with E-state index < -0.39 is 0 Å². The lowest BCUT2D eigenvalue weighted by Crippen LogP contribution is -2.18. The van der Waals surface area contributed by atoms with Crippen molar-refractivity contribution in [1.29, 1.82) is 0 Å². The van der Waals surface area contributed by atoms with Crippen LogP contribution in [0.25, 0.3) is 0 Å². The van der Waals surface area contributed by atoms with Crippen LogP contribution in [0.15, 0.2) is 24.3 Å². The van der Waals surface area contributed by atoms with E-state index in [0.29, 0.717) is 23.3 Å². The fraction of sp³-hybridized carbons (Fsp3) is 0.389. The number of carbonyl (C=O) groups is 1. The molecule has 0 spiro atoms. The van der Waals surface area contributed by atoms with Gasteiger partial charge >= 0.3 is 0 Å². The number of nitrogens with zero attached hydrogens (tertiary/aromatic N) is 2. The molecule has 1 amide bonds. The van der Waals surface area contributed by atoms with Crippen molar-refractivity contribution in [3.05, 3.63) is 46.9 Å². The SMILES string of the molecule is Cc1nc(NCC(C)C)cc(C(=O)Nc2c(C)cccc2C)n1. The first kappa shape index (κ1) is 16.9. The molecule has 1 heterocycles. The van der Waals surface area contributed by atoms with E-state index in [1.807, 2.05) is 32.0 Å². The molecule has 2 rings (SSSR count). The Balaban J connectivity index is 2.22. The molecule has 0 bridgehead atoms. The Morgan fingerprint density at radius 2 is 1.78 bits per heavy atom. The molecule has 0 radical (unpaired) electrons. The second-order valence-electron chi connectivity index (χ2n) is 6.18. The van der Waals surface area contributed by atoms with Crippen LogP contribution in [0, 0.1) is 26.7 Å². The molecular weight excluding hydrogens is 288 g/mol. The molecule has 2 N–H and O–H groups in total. The number of hydrogen-bond donors (Lipinski definition) is 2. The summed E-state index contributed by atoms with van der Waals surface area (Å²) in [5.41, 5.74) is 3.27. The molecule has 2 aromatic rings. The molecule has 122 valence electrons. The third kappa shape index (κ3) is 4.52. The lowest BCUT2D eigenvalue weighted by Gasteiger charge is -2.13. The van der Waals surface area contributed by atoms with Gasteiger partial charge in [-0.3, -0.25) is 4.79 Å². The number of aromatic nitrogens is 2. The highest BCUT2D eigenvalue weighted by molar-refractivity contribution is 6.04. The number of carbonyl (C=O) groups excluding carboxylic acids is 1. The summed E-state index contributed by atoms with van der Waals surface area (Å²) in [5.74, 6) is 1.53. The summed E-state index contributed by atoms with van der Waals surface area (Å²) in [7, 11) is 0. The minimum atomic E-state index is -0.222. The predicted molar refractivity (Wildman–Crippen MR) is 94.0 cm³/mol. The van der Waals surface area contributed by atoms with Crippen molar-refractivity contribution in [2.24, 2.45) is 5.92 Å². The topological polar surface area (TPSA) is 66.9 Å². The van der Waals surface area contributed by atoms with Gasteiger partial charge in [0.2, 0.25) is 0 Å². The second kappa shape index (κ2) is 7.22. The van der Waals surface area contributed by atoms with Crippen molar-refractivity contribution in [2.45, 2.75) is 34.6 Å². The Labute approximate surface area is 137 Å². The summed E-state index contributed by atoms with van der Waals surface area (Å²) in [5, 5.41) is 6.19. The Morgan fingerprint density at radius 1 is 1.13 bits per heavy atom. The van der Waals surface area contributed by atoms with E-state index in [-0.39, 0.29) is 5.91 Å². The quantitative estimate of drug-likeness (QED) is 0.883. The number of benzene rings is 1. The van der Waals surface area contributed by atoms with Crippen molar-refractivity contribution in [3.63, 3.8) is 0 Å². The lowest BCUT2D eigenvalue weighted by molar-refractivity contribution is 0.102. The maximum atomic E-state index is 12.5. The van der Waals surface area contributed by atoms with Gasteiger partial charge < -0.3 is 10.6 Å². The number of hydrogen-bond acceptors (Lipinski definition) is 4. The minimum absolute atomic E-state index is 0.222. The fourth-order valence-electron chi connectivity index (χ4n) is 2.27. The molecule has 5 nitrogen and oxygen atoms in total. The van der Waals surface area contributed by atoms with Gasteiger partial charge in [-0.05, 0) is 37.8 Å². The summed E-state index contributed by atoms with van der Waals surface area (Å²) < 4.78 is 0. The van der Waals surface area contributed by atoms with Gasteiger partial charge in [0.25, 0.3) is 5.91 Å². The monoisotopic (exact) mass is 312 g/mol. The Kier molecular flexibility index (Phi) is 5.32. The largest absolute Gasteiger partial charge is 0.370 e. The van der Waals surface area contributed by atoms with E-state index in [4.69, 9.17) is 0 Å². The van der Waals surface area contributed by atoms with Crippen molar-refractivity contribution >= 4 is 17.4 Å². The zero-order valence-electron chi connectivity index (χ0n) is 14.4. The van der Waals surface area contributed by atoms with Gasteiger partial charge in [0, 0.05) is 18.3 Å². The van der Waals surface area contributed by atoms with Crippen LogP contribution in [0.3, 0.4) is 0 Å². The van der Waals surface area contributed by atoms with Gasteiger partial charge in [0.1, 0.15) is 17.3 Å². The third-order valence-corrected chi connectivity index (χ3v) is 3.48. The smallest absolute Gasteiger partial charge is 0.274 e.